The van der Waals surface area contributed by atoms with Gasteiger partial charge >= 0.3 is 0 Å². The molecule has 6 heteroatoms. The Morgan fingerprint density at radius 3 is 2.53 bits per heavy atom. The SMILES string of the molecule is CCC(C)c1ccccc1OCCOc1ccc(C=c2sc3nc4ccccc4n3c2=O)cc1. The zero-order valence-electron chi connectivity index (χ0n) is 19.2. The molecule has 0 aliphatic heterocycles. The average Bonchev–Trinajstić information content (AvgIpc) is 3.38. The zero-order chi connectivity index (χ0) is 23.5. The van der Waals surface area contributed by atoms with Crippen LogP contribution in [0.4, 0.5) is 0 Å². The first kappa shape index (κ1) is 22.2. The molecular formula is C28H26N2O3S. The van der Waals surface area contributed by atoms with E-state index in [9.17, 15) is 4.79 Å². The van der Waals surface area contributed by atoms with Crippen molar-refractivity contribution in [3.8, 4) is 11.5 Å². The standard InChI is InChI=1S/C28H26N2O3S/c1-3-19(2)22-8-4-7-11-25(22)33-17-16-32-21-14-12-20(13-15-21)18-26-27(31)30-24-10-6-5-9-23(24)29-28(30)34-26/h4-15,18-19H,3,16-17H2,1-2H3. The van der Waals surface area contributed by atoms with Gasteiger partial charge in [-0.1, -0.05) is 67.6 Å². The number of para-hydroxylation sites is 3. The van der Waals surface area contributed by atoms with E-state index in [2.05, 4.69) is 31.0 Å². The van der Waals surface area contributed by atoms with Crippen molar-refractivity contribution in [1.82, 2.24) is 9.38 Å². The predicted octanol–water partition coefficient (Wildman–Crippen LogP) is 5.43. The lowest BCUT2D eigenvalue weighted by atomic mass is 9.98. The van der Waals surface area contributed by atoms with Gasteiger partial charge in [-0.2, -0.15) is 0 Å². The summed E-state index contributed by atoms with van der Waals surface area (Å²) >= 11 is 1.40. The predicted molar refractivity (Wildman–Crippen MR) is 138 cm³/mol. The van der Waals surface area contributed by atoms with Crippen LogP contribution in [0.15, 0.2) is 77.6 Å². The van der Waals surface area contributed by atoms with E-state index in [1.165, 1.54) is 16.9 Å². The van der Waals surface area contributed by atoms with Gasteiger partial charge in [0.1, 0.15) is 24.7 Å². The van der Waals surface area contributed by atoms with Gasteiger partial charge in [0, 0.05) is 0 Å². The number of fused-ring (bicyclic) bond motifs is 3. The first-order valence-corrected chi connectivity index (χ1v) is 12.3. The maximum atomic E-state index is 12.9. The van der Waals surface area contributed by atoms with Crippen molar-refractivity contribution in [2.24, 2.45) is 0 Å². The van der Waals surface area contributed by atoms with E-state index in [-0.39, 0.29) is 5.56 Å². The molecule has 0 aliphatic rings. The van der Waals surface area contributed by atoms with Gasteiger partial charge in [-0.25, -0.2) is 9.38 Å². The molecule has 5 nitrogen and oxygen atoms in total. The average molecular weight is 471 g/mol. The topological polar surface area (TPSA) is 52.8 Å². The van der Waals surface area contributed by atoms with Gasteiger partial charge in [-0.05, 0) is 59.9 Å². The highest BCUT2D eigenvalue weighted by Crippen LogP contribution is 2.28. The second-order valence-corrected chi connectivity index (χ2v) is 9.26. The molecule has 2 heterocycles. The zero-order valence-corrected chi connectivity index (χ0v) is 20.0. The van der Waals surface area contributed by atoms with Crippen LogP contribution in [0.5, 0.6) is 11.5 Å². The fourth-order valence-corrected chi connectivity index (χ4v) is 4.96. The molecule has 0 bridgehead atoms. The molecule has 0 amide bonds. The van der Waals surface area contributed by atoms with E-state index in [1.807, 2.05) is 66.7 Å². The molecule has 0 saturated carbocycles. The first-order chi connectivity index (χ1) is 16.6. The van der Waals surface area contributed by atoms with Gasteiger partial charge in [0.05, 0.1) is 15.6 Å². The Bertz CT molecular complexity index is 1540. The van der Waals surface area contributed by atoms with Crippen molar-refractivity contribution in [3.05, 3.63) is 98.8 Å². The van der Waals surface area contributed by atoms with E-state index in [4.69, 9.17) is 9.47 Å². The molecule has 34 heavy (non-hydrogen) atoms. The van der Waals surface area contributed by atoms with E-state index in [0.29, 0.717) is 28.6 Å². The summed E-state index contributed by atoms with van der Waals surface area (Å²) in [6, 6.07) is 23.6. The monoisotopic (exact) mass is 470 g/mol. The van der Waals surface area contributed by atoms with E-state index in [1.54, 1.807) is 4.40 Å². The quantitative estimate of drug-likeness (QED) is 0.284. The van der Waals surface area contributed by atoms with Crippen LogP contribution in [0.25, 0.3) is 22.1 Å². The molecule has 0 radical (unpaired) electrons. The molecular weight excluding hydrogens is 444 g/mol. The minimum Gasteiger partial charge on any atom is -0.490 e. The van der Waals surface area contributed by atoms with Gasteiger partial charge < -0.3 is 9.47 Å². The summed E-state index contributed by atoms with van der Waals surface area (Å²) in [6.45, 7) is 5.33. The largest absolute Gasteiger partial charge is 0.490 e. The summed E-state index contributed by atoms with van der Waals surface area (Å²) in [7, 11) is 0. The Labute approximate surface area is 201 Å². The number of hydrogen-bond acceptors (Lipinski definition) is 5. The van der Waals surface area contributed by atoms with Crippen LogP contribution in [0.2, 0.25) is 0 Å². The van der Waals surface area contributed by atoms with Gasteiger partial charge in [0.25, 0.3) is 5.56 Å². The number of rotatable bonds is 8. The highest BCUT2D eigenvalue weighted by atomic mass is 32.1. The second kappa shape index (κ2) is 9.69. The van der Waals surface area contributed by atoms with Crippen LogP contribution in [-0.4, -0.2) is 22.6 Å². The summed E-state index contributed by atoms with van der Waals surface area (Å²) in [5.41, 5.74) is 3.82. The molecule has 0 fully saturated rings. The number of imidazole rings is 1. The molecule has 1 atom stereocenters. The van der Waals surface area contributed by atoms with Gasteiger partial charge in [0.15, 0.2) is 4.96 Å². The van der Waals surface area contributed by atoms with Crippen molar-refractivity contribution in [2.45, 2.75) is 26.2 Å². The van der Waals surface area contributed by atoms with Gasteiger partial charge in [0.2, 0.25) is 0 Å². The van der Waals surface area contributed by atoms with E-state index < -0.39 is 0 Å². The summed E-state index contributed by atoms with van der Waals surface area (Å²) in [5.74, 6) is 2.15. The van der Waals surface area contributed by atoms with Crippen LogP contribution >= 0.6 is 11.3 Å². The van der Waals surface area contributed by atoms with Crippen molar-refractivity contribution in [1.29, 1.82) is 0 Å². The molecule has 5 aromatic rings. The summed E-state index contributed by atoms with van der Waals surface area (Å²) in [5, 5.41) is 0. The summed E-state index contributed by atoms with van der Waals surface area (Å²) in [4.78, 5) is 18.2. The number of hydrogen-bond donors (Lipinski definition) is 0. The van der Waals surface area contributed by atoms with Crippen LogP contribution in [0.1, 0.15) is 37.3 Å². The van der Waals surface area contributed by atoms with E-state index >= 15 is 0 Å². The fourth-order valence-electron chi connectivity index (χ4n) is 3.97. The third-order valence-corrected chi connectivity index (χ3v) is 6.96. The van der Waals surface area contributed by atoms with Gasteiger partial charge in [-0.3, -0.25) is 4.79 Å². The number of aromatic nitrogens is 2. The normalized spacial score (nSPS) is 12.9. The van der Waals surface area contributed by atoms with Gasteiger partial charge in [-0.15, -0.1) is 0 Å². The smallest absolute Gasteiger partial charge is 0.274 e. The van der Waals surface area contributed by atoms with Crippen molar-refractivity contribution >= 4 is 33.4 Å². The van der Waals surface area contributed by atoms with Crippen LogP contribution in [0.3, 0.4) is 0 Å². The third kappa shape index (κ3) is 4.41. The Hall–Kier alpha value is -3.64. The van der Waals surface area contributed by atoms with Crippen molar-refractivity contribution < 1.29 is 9.47 Å². The summed E-state index contributed by atoms with van der Waals surface area (Å²) in [6.07, 6.45) is 2.97. The molecule has 3 aromatic carbocycles. The number of thiazole rings is 1. The second-order valence-electron chi connectivity index (χ2n) is 8.25. The Balaban J connectivity index is 1.24. The molecule has 1 unspecified atom stereocenters. The summed E-state index contributed by atoms with van der Waals surface area (Å²) < 4.78 is 14.2. The van der Waals surface area contributed by atoms with Crippen molar-refractivity contribution in [3.63, 3.8) is 0 Å². The molecule has 172 valence electrons. The minimum atomic E-state index is -0.0381. The highest BCUT2D eigenvalue weighted by Gasteiger charge is 2.11. The van der Waals surface area contributed by atoms with Crippen LogP contribution in [0, 0.1) is 0 Å². The number of ether oxygens (including phenoxy) is 2. The lowest BCUT2D eigenvalue weighted by Gasteiger charge is -2.15. The highest BCUT2D eigenvalue weighted by molar-refractivity contribution is 7.15. The molecule has 0 N–H and O–H groups in total. The Morgan fingerprint density at radius 1 is 0.971 bits per heavy atom. The number of benzene rings is 3. The maximum absolute atomic E-state index is 12.9. The molecule has 2 aromatic heterocycles. The molecule has 0 saturated heterocycles. The Kier molecular flexibility index (Phi) is 6.32. The number of nitrogens with zero attached hydrogens (tertiary/aromatic N) is 2. The molecule has 0 spiro atoms. The molecule has 0 aliphatic carbocycles. The first-order valence-electron chi connectivity index (χ1n) is 11.5. The minimum absolute atomic E-state index is 0.0381. The molecule has 5 rings (SSSR count). The third-order valence-electron chi connectivity index (χ3n) is 5.99. The van der Waals surface area contributed by atoms with Crippen LogP contribution < -0.4 is 19.6 Å². The maximum Gasteiger partial charge on any atom is 0.274 e. The Morgan fingerprint density at radius 2 is 1.71 bits per heavy atom. The lowest BCUT2D eigenvalue weighted by Crippen LogP contribution is -2.22. The van der Waals surface area contributed by atoms with Crippen molar-refractivity contribution in [2.75, 3.05) is 13.2 Å². The van der Waals surface area contributed by atoms with E-state index in [0.717, 1.165) is 34.5 Å². The fraction of sp³-hybridized carbons (Fsp3) is 0.214. The lowest BCUT2D eigenvalue weighted by molar-refractivity contribution is 0.215. The van der Waals surface area contributed by atoms with Crippen LogP contribution in [-0.2, 0) is 0 Å².